The van der Waals surface area contributed by atoms with Crippen LogP contribution in [0.2, 0.25) is 0 Å². The number of hydrogen-bond acceptors (Lipinski definition) is 8. The first-order valence-electron chi connectivity index (χ1n) is 11.4. The Hall–Kier alpha value is -2.80. The summed E-state index contributed by atoms with van der Waals surface area (Å²) in [5, 5.41) is 25.0. The highest BCUT2D eigenvalue weighted by molar-refractivity contribution is 7.12. The molecule has 9 heteroatoms. The number of aliphatic hydroxyl groups is 2. The normalized spacial score (nSPS) is 27.8. The zero-order valence-corrected chi connectivity index (χ0v) is 19.7. The number of nitrogens with zero attached hydrogens (tertiary/aromatic N) is 4. The summed E-state index contributed by atoms with van der Waals surface area (Å²) in [7, 11) is 0. The van der Waals surface area contributed by atoms with Crippen molar-refractivity contribution in [1.29, 1.82) is 0 Å². The number of aryl methyl sites for hydroxylation is 1. The van der Waals surface area contributed by atoms with Gasteiger partial charge in [-0.25, -0.2) is 15.0 Å². The van der Waals surface area contributed by atoms with Gasteiger partial charge in [0.2, 0.25) is 5.82 Å². The second-order valence-corrected chi connectivity index (χ2v) is 10.1. The number of imidazole rings is 1. The maximum Gasteiger partial charge on any atom is 0.209 e. The molecule has 0 amide bonds. The average molecular weight is 466 g/mol. The van der Waals surface area contributed by atoms with Crippen LogP contribution in [0.1, 0.15) is 54.7 Å². The fourth-order valence-corrected chi connectivity index (χ4v) is 5.87. The van der Waals surface area contributed by atoms with Gasteiger partial charge in [-0.2, -0.15) is 0 Å². The van der Waals surface area contributed by atoms with Gasteiger partial charge in [0, 0.05) is 17.8 Å². The molecule has 2 saturated carbocycles. The van der Waals surface area contributed by atoms with Crippen LogP contribution in [0.25, 0.3) is 11.2 Å². The Balaban J connectivity index is 1.58. The number of thiophene rings is 1. The highest BCUT2D eigenvalue weighted by Crippen LogP contribution is 2.68. The summed E-state index contributed by atoms with van der Waals surface area (Å²) in [6.45, 7) is 6.62. The van der Waals surface area contributed by atoms with E-state index in [-0.39, 0.29) is 11.7 Å². The van der Waals surface area contributed by atoms with E-state index in [2.05, 4.69) is 39.0 Å². The smallest absolute Gasteiger partial charge is 0.209 e. The zero-order valence-electron chi connectivity index (χ0n) is 18.9. The van der Waals surface area contributed by atoms with Gasteiger partial charge in [0.1, 0.15) is 11.9 Å². The average Bonchev–Trinajstić information content (AvgIpc) is 3.06. The fraction of sp³-hybridized carbons (Fsp3) is 0.500. The van der Waals surface area contributed by atoms with Gasteiger partial charge in [0.15, 0.2) is 17.0 Å². The molecule has 0 aliphatic heterocycles. The van der Waals surface area contributed by atoms with Crippen LogP contribution in [0.4, 0.5) is 5.82 Å². The molecule has 0 radical (unpaired) electrons. The van der Waals surface area contributed by atoms with Crippen molar-refractivity contribution in [1.82, 2.24) is 19.5 Å². The van der Waals surface area contributed by atoms with Crippen LogP contribution in [0.15, 0.2) is 18.5 Å². The molecule has 2 aliphatic carbocycles. The largest absolute Gasteiger partial charge is 0.389 e. The van der Waals surface area contributed by atoms with Crippen LogP contribution >= 0.6 is 11.3 Å². The number of carbonyl (C=O) groups is 1. The molecule has 8 nitrogen and oxygen atoms in total. The molecule has 0 bridgehead atoms. The van der Waals surface area contributed by atoms with E-state index in [1.165, 1.54) is 4.88 Å². The third-order valence-corrected chi connectivity index (χ3v) is 7.75. The molecule has 3 aromatic heterocycles. The summed E-state index contributed by atoms with van der Waals surface area (Å²) in [6, 6.07) is 3.52. The van der Waals surface area contributed by atoms with Gasteiger partial charge in [0.25, 0.3) is 0 Å². The predicted octanol–water partition coefficient (Wildman–Crippen LogP) is 2.68. The molecule has 2 fully saturated rings. The minimum Gasteiger partial charge on any atom is -0.389 e. The Kier molecular flexibility index (Phi) is 5.47. The maximum absolute atomic E-state index is 12.6. The van der Waals surface area contributed by atoms with Crippen LogP contribution in [0.5, 0.6) is 0 Å². The zero-order chi connectivity index (χ0) is 23.3. The molecule has 33 heavy (non-hydrogen) atoms. The Morgan fingerprint density at radius 2 is 2.12 bits per heavy atom. The summed E-state index contributed by atoms with van der Waals surface area (Å²) in [5.74, 6) is 6.99. The van der Waals surface area contributed by atoms with Crippen LogP contribution in [0, 0.1) is 30.1 Å². The summed E-state index contributed by atoms with van der Waals surface area (Å²) in [6.07, 6.45) is 1.30. The minimum atomic E-state index is -1.08. The molecule has 5 rings (SSSR count). The van der Waals surface area contributed by atoms with Crippen molar-refractivity contribution in [2.75, 3.05) is 11.9 Å². The van der Waals surface area contributed by atoms with E-state index >= 15 is 0 Å². The van der Waals surface area contributed by atoms with E-state index < -0.39 is 23.7 Å². The van der Waals surface area contributed by atoms with E-state index in [9.17, 15) is 15.0 Å². The highest BCUT2D eigenvalue weighted by atomic mass is 32.1. The van der Waals surface area contributed by atoms with E-state index in [0.717, 1.165) is 17.8 Å². The van der Waals surface area contributed by atoms with Crippen molar-refractivity contribution in [2.24, 2.45) is 11.3 Å². The third kappa shape index (κ3) is 3.44. The minimum absolute atomic E-state index is 0.00342. The Labute approximate surface area is 196 Å². The number of carbonyl (C=O) groups excluding carboxylic acids is 1. The summed E-state index contributed by atoms with van der Waals surface area (Å²) in [5.41, 5.74) is 0.270. The summed E-state index contributed by atoms with van der Waals surface area (Å²) in [4.78, 5) is 28.5. The monoisotopic (exact) mass is 465 g/mol. The predicted molar refractivity (Wildman–Crippen MR) is 126 cm³/mol. The molecule has 1 unspecified atom stereocenters. The SMILES string of the molecule is CCCNc1nc(C#Cc2ccc(C)s2)nc2c1ncn2[C@H]1C(O)[C@@H](O)[C@]2(C(=O)CC)C[C@H]12. The van der Waals surface area contributed by atoms with Gasteiger partial charge in [-0.05, 0) is 49.7 Å². The van der Waals surface area contributed by atoms with Gasteiger partial charge in [0.05, 0.1) is 28.8 Å². The van der Waals surface area contributed by atoms with Crippen molar-refractivity contribution in [3.8, 4) is 11.8 Å². The first-order chi connectivity index (χ1) is 15.9. The summed E-state index contributed by atoms with van der Waals surface area (Å²) >= 11 is 1.61. The number of anilines is 1. The highest BCUT2D eigenvalue weighted by Gasteiger charge is 2.74. The number of hydrogen-bond donors (Lipinski definition) is 3. The molecule has 3 N–H and O–H groups in total. The summed E-state index contributed by atoms with van der Waals surface area (Å²) < 4.78 is 1.80. The lowest BCUT2D eigenvalue weighted by Crippen LogP contribution is -2.37. The van der Waals surface area contributed by atoms with Gasteiger partial charge < -0.3 is 20.1 Å². The fourth-order valence-electron chi connectivity index (χ4n) is 5.15. The van der Waals surface area contributed by atoms with Gasteiger partial charge >= 0.3 is 0 Å². The topological polar surface area (TPSA) is 113 Å². The van der Waals surface area contributed by atoms with Crippen molar-refractivity contribution < 1.29 is 15.0 Å². The Morgan fingerprint density at radius 3 is 2.82 bits per heavy atom. The first kappa shape index (κ1) is 22.0. The van der Waals surface area contributed by atoms with Crippen LogP contribution < -0.4 is 5.32 Å². The second kappa shape index (κ2) is 8.20. The number of ketones is 1. The molecule has 3 aromatic rings. The molecular formula is C24H27N5O3S. The molecule has 2 aliphatic rings. The molecule has 0 saturated heterocycles. The molecule has 0 aromatic carbocycles. The van der Waals surface area contributed by atoms with Crippen LogP contribution in [0.3, 0.4) is 0 Å². The van der Waals surface area contributed by atoms with Crippen molar-refractivity contribution in [2.45, 2.75) is 58.3 Å². The number of aliphatic hydroxyl groups excluding tert-OH is 2. The molecular weight excluding hydrogens is 438 g/mol. The van der Waals surface area contributed by atoms with Gasteiger partial charge in [-0.3, -0.25) is 4.79 Å². The van der Waals surface area contributed by atoms with E-state index in [1.807, 2.05) is 19.1 Å². The van der Waals surface area contributed by atoms with Crippen molar-refractivity contribution >= 4 is 34.1 Å². The van der Waals surface area contributed by atoms with Crippen molar-refractivity contribution in [3.05, 3.63) is 34.0 Å². The quantitative estimate of drug-likeness (QED) is 0.480. The Bertz CT molecular complexity index is 1290. The first-order valence-corrected chi connectivity index (χ1v) is 12.2. The molecule has 0 spiro atoms. The number of aromatic nitrogens is 4. The Morgan fingerprint density at radius 1 is 1.30 bits per heavy atom. The molecule has 172 valence electrons. The van der Waals surface area contributed by atoms with Crippen molar-refractivity contribution in [3.63, 3.8) is 0 Å². The molecule has 3 heterocycles. The number of nitrogens with one attached hydrogen (secondary N) is 1. The van der Waals surface area contributed by atoms with Crippen LogP contribution in [-0.2, 0) is 4.79 Å². The maximum atomic E-state index is 12.6. The van der Waals surface area contributed by atoms with Crippen LogP contribution in [-0.4, -0.2) is 54.3 Å². The number of rotatable bonds is 6. The van der Waals surface area contributed by atoms with E-state index in [4.69, 9.17) is 0 Å². The number of Topliss-reactive ketones (excluding diaryl/α,β-unsaturated/α-hetero) is 1. The lowest BCUT2D eigenvalue weighted by atomic mass is 9.92. The third-order valence-electron chi connectivity index (χ3n) is 6.84. The van der Waals surface area contributed by atoms with Gasteiger partial charge in [-0.15, -0.1) is 11.3 Å². The van der Waals surface area contributed by atoms with E-state index in [0.29, 0.717) is 35.6 Å². The number of fused-ring (bicyclic) bond motifs is 2. The lowest BCUT2D eigenvalue weighted by Gasteiger charge is -2.23. The van der Waals surface area contributed by atoms with Gasteiger partial charge in [-0.1, -0.05) is 13.8 Å². The van der Waals surface area contributed by atoms with E-state index in [1.54, 1.807) is 29.2 Å². The lowest BCUT2D eigenvalue weighted by molar-refractivity contribution is -0.130. The molecule has 5 atom stereocenters. The second-order valence-electron chi connectivity index (χ2n) is 8.86. The standard InChI is InChI=1S/C24H27N5O3S/c1-4-10-25-22-18-23(28-17(27-22)9-8-14-7-6-13(3)33-14)29(12-26-18)19-15-11-24(15,16(30)5-2)21(32)20(19)31/h6-7,12,15,19-21,31-32H,4-5,10-11H2,1-3H3,(H,25,27,28)/t15-,19-,20?,21-,24-/m1/s1.